The van der Waals surface area contributed by atoms with Crippen molar-refractivity contribution in [3.63, 3.8) is 0 Å². The summed E-state index contributed by atoms with van der Waals surface area (Å²) >= 11 is 7.44. The lowest BCUT2D eigenvalue weighted by molar-refractivity contribution is 0.580. The second kappa shape index (κ2) is 7.88. The lowest BCUT2D eigenvalue weighted by Gasteiger charge is -2.09. The normalized spacial score (nSPS) is 11.7. The number of nitrogens with one attached hydrogen (secondary N) is 1. The zero-order valence-corrected chi connectivity index (χ0v) is 16.9. The van der Waals surface area contributed by atoms with Gasteiger partial charge < -0.3 is 0 Å². The zero-order chi connectivity index (χ0) is 18.7. The summed E-state index contributed by atoms with van der Waals surface area (Å²) in [6.45, 7) is 4.05. The Labute approximate surface area is 162 Å². The largest absolute Gasteiger partial charge is 0.241 e. The van der Waals surface area contributed by atoms with Gasteiger partial charge in [0.25, 0.3) is 0 Å². The Hall–Kier alpha value is -1.73. The Kier molecular flexibility index (Phi) is 5.77. The number of hydrogen-bond donors (Lipinski definition) is 1. The number of sulfonamides is 1. The number of rotatable bonds is 6. The Balaban J connectivity index is 1.64. The van der Waals surface area contributed by atoms with Crippen LogP contribution in [-0.2, 0) is 16.4 Å². The minimum Gasteiger partial charge on any atom is -0.241 e. The molecule has 0 spiro atoms. The number of hydrogen-bond acceptors (Lipinski definition) is 4. The SMILES string of the molecule is Cc1ccc(S(=O)(=O)NCCc2csc(-c3ccc(Cl)cc3)n2)c(C)c1. The van der Waals surface area contributed by atoms with Gasteiger partial charge in [-0.15, -0.1) is 11.3 Å². The molecule has 0 amide bonds. The van der Waals surface area contributed by atoms with Crippen LogP contribution in [-0.4, -0.2) is 19.9 Å². The molecular weight excluding hydrogens is 388 g/mol. The van der Waals surface area contributed by atoms with E-state index < -0.39 is 10.0 Å². The third kappa shape index (κ3) is 4.51. The van der Waals surface area contributed by atoms with Crippen molar-refractivity contribution in [2.24, 2.45) is 0 Å². The Morgan fingerprint density at radius 3 is 2.54 bits per heavy atom. The van der Waals surface area contributed by atoms with E-state index >= 15 is 0 Å². The van der Waals surface area contributed by atoms with Gasteiger partial charge in [0.05, 0.1) is 10.6 Å². The maximum absolute atomic E-state index is 12.5. The van der Waals surface area contributed by atoms with Crippen molar-refractivity contribution in [1.29, 1.82) is 0 Å². The Morgan fingerprint density at radius 2 is 1.85 bits per heavy atom. The van der Waals surface area contributed by atoms with Gasteiger partial charge in [0.1, 0.15) is 5.01 Å². The molecular formula is C19H19ClN2O2S2. The van der Waals surface area contributed by atoms with Crippen molar-refractivity contribution < 1.29 is 8.42 Å². The van der Waals surface area contributed by atoms with Gasteiger partial charge in [-0.25, -0.2) is 18.1 Å². The maximum atomic E-state index is 12.5. The standard InChI is InChI=1S/C19H19ClN2O2S2/c1-13-3-8-18(14(2)11-13)26(23,24)21-10-9-17-12-25-19(22-17)15-4-6-16(20)7-5-15/h3-8,11-12,21H,9-10H2,1-2H3. The third-order valence-electron chi connectivity index (χ3n) is 3.94. The van der Waals surface area contributed by atoms with Crippen LogP contribution in [0.15, 0.2) is 52.7 Å². The van der Waals surface area contributed by atoms with E-state index in [4.69, 9.17) is 11.6 Å². The number of aromatic nitrogens is 1. The average Bonchev–Trinajstić information content (AvgIpc) is 3.04. The minimum atomic E-state index is -3.52. The third-order valence-corrected chi connectivity index (χ3v) is 6.75. The zero-order valence-electron chi connectivity index (χ0n) is 14.5. The molecule has 0 fully saturated rings. The maximum Gasteiger partial charge on any atom is 0.240 e. The molecule has 3 rings (SSSR count). The molecule has 0 aliphatic heterocycles. The van der Waals surface area contributed by atoms with Crippen molar-refractivity contribution in [3.05, 3.63) is 69.7 Å². The Morgan fingerprint density at radius 1 is 1.12 bits per heavy atom. The van der Waals surface area contributed by atoms with Gasteiger partial charge in [0.2, 0.25) is 10.0 Å². The van der Waals surface area contributed by atoms with Crippen LogP contribution in [0.4, 0.5) is 0 Å². The lowest BCUT2D eigenvalue weighted by Crippen LogP contribution is -2.26. The molecule has 0 bridgehead atoms. The van der Waals surface area contributed by atoms with E-state index in [1.165, 1.54) is 11.3 Å². The first kappa shape index (κ1) is 19.0. The van der Waals surface area contributed by atoms with E-state index in [1.54, 1.807) is 19.1 Å². The molecule has 1 heterocycles. The topological polar surface area (TPSA) is 59.1 Å². The molecule has 0 saturated heterocycles. The summed E-state index contributed by atoms with van der Waals surface area (Å²) in [6.07, 6.45) is 0.536. The fraction of sp³-hybridized carbons (Fsp3) is 0.211. The Bertz CT molecular complexity index is 1010. The number of nitrogens with zero attached hydrogens (tertiary/aromatic N) is 1. The number of thiazole rings is 1. The van der Waals surface area contributed by atoms with E-state index in [2.05, 4.69) is 9.71 Å². The molecule has 0 radical (unpaired) electrons. The highest BCUT2D eigenvalue weighted by atomic mass is 35.5. The van der Waals surface area contributed by atoms with Crippen molar-refractivity contribution >= 4 is 33.0 Å². The number of aryl methyl sites for hydroxylation is 2. The van der Waals surface area contributed by atoms with E-state index in [0.29, 0.717) is 22.9 Å². The summed E-state index contributed by atoms with van der Waals surface area (Å²) in [5.41, 5.74) is 3.65. The molecule has 1 N–H and O–H groups in total. The summed E-state index contributed by atoms with van der Waals surface area (Å²) in [7, 11) is -3.52. The number of halogens is 1. The summed E-state index contributed by atoms with van der Waals surface area (Å²) in [5.74, 6) is 0. The summed E-state index contributed by atoms with van der Waals surface area (Å²) in [4.78, 5) is 4.89. The molecule has 0 aliphatic rings. The van der Waals surface area contributed by atoms with Crippen LogP contribution in [0.25, 0.3) is 10.6 Å². The molecule has 2 aromatic carbocycles. The van der Waals surface area contributed by atoms with E-state index in [0.717, 1.165) is 27.4 Å². The van der Waals surface area contributed by atoms with Gasteiger partial charge >= 0.3 is 0 Å². The van der Waals surface area contributed by atoms with Gasteiger partial charge in [-0.2, -0.15) is 0 Å². The molecule has 3 aromatic rings. The molecule has 136 valence electrons. The number of benzene rings is 2. The first-order valence-electron chi connectivity index (χ1n) is 8.12. The van der Waals surface area contributed by atoms with Gasteiger partial charge in [-0.05, 0) is 37.6 Å². The van der Waals surface area contributed by atoms with Crippen LogP contribution in [0.1, 0.15) is 16.8 Å². The molecule has 26 heavy (non-hydrogen) atoms. The summed E-state index contributed by atoms with van der Waals surface area (Å²) in [6, 6.07) is 12.8. The highest BCUT2D eigenvalue weighted by Crippen LogP contribution is 2.25. The van der Waals surface area contributed by atoms with E-state index in [1.807, 2.05) is 42.6 Å². The van der Waals surface area contributed by atoms with Gasteiger partial charge in [-0.3, -0.25) is 0 Å². The molecule has 0 atom stereocenters. The second-order valence-electron chi connectivity index (χ2n) is 6.07. The van der Waals surface area contributed by atoms with Gasteiger partial charge in [-0.1, -0.05) is 41.4 Å². The average molecular weight is 407 g/mol. The van der Waals surface area contributed by atoms with Crippen LogP contribution in [0.3, 0.4) is 0 Å². The molecule has 0 aliphatic carbocycles. The summed E-state index contributed by atoms with van der Waals surface area (Å²) in [5, 5.41) is 3.54. The quantitative estimate of drug-likeness (QED) is 0.650. The lowest BCUT2D eigenvalue weighted by atomic mass is 10.2. The predicted octanol–water partition coefficient (Wildman–Crippen LogP) is 4.60. The fourth-order valence-corrected chi connectivity index (χ4v) is 4.88. The van der Waals surface area contributed by atoms with Gasteiger partial charge in [0, 0.05) is 28.9 Å². The van der Waals surface area contributed by atoms with Crippen molar-refractivity contribution in [2.75, 3.05) is 6.54 Å². The highest BCUT2D eigenvalue weighted by molar-refractivity contribution is 7.89. The first-order valence-corrected chi connectivity index (χ1v) is 10.9. The van der Waals surface area contributed by atoms with Crippen LogP contribution in [0, 0.1) is 13.8 Å². The molecule has 1 aromatic heterocycles. The smallest absolute Gasteiger partial charge is 0.240 e. The molecule has 7 heteroatoms. The van der Waals surface area contributed by atoms with E-state index in [9.17, 15) is 8.42 Å². The van der Waals surface area contributed by atoms with Crippen LogP contribution >= 0.6 is 22.9 Å². The predicted molar refractivity (Wildman–Crippen MR) is 107 cm³/mol. The van der Waals surface area contributed by atoms with Gasteiger partial charge in [0.15, 0.2) is 0 Å². The minimum absolute atomic E-state index is 0.305. The van der Waals surface area contributed by atoms with Crippen molar-refractivity contribution in [1.82, 2.24) is 9.71 Å². The van der Waals surface area contributed by atoms with Crippen LogP contribution in [0.5, 0.6) is 0 Å². The van der Waals surface area contributed by atoms with Crippen LogP contribution in [0.2, 0.25) is 5.02 Å². The highest BCUT2D eigenvalue weighted by Gasteiger charge is 2.16. The van der Waals surface area contributed by atoms with Crippen LogP contribution < -0.4 is 4.72 Å². The summed E-state index contributed by atoms with van der Waals surface area (Å²) < 4.78 is 27.6. The van der Waals surface area contributed by atoms with E-state index in [-0.39, 0.29) is 0 Å². The molecule has 0 unspecified atom stereocenters. The second-order valence-corrected chi connectivity index (χ2v) is 9.10. The fourth-order valence-electron chi connectivity index (χ4n) is 2.64. The molecule has 0 saturated carbocycles. The monoisotopic (exact) mass is 406 g/mol. The first-order chi connectivity index (χ1) is 12.3. The van der Waals surface area contributed by atoms with Crippen molar-refractivity contribution in [2.45, 2.75) is 25.2 Å². The van der Waals surface area contributed by atoms with Crippen molar-refractivity contribution in [3.8, 4) is 10.6 Å². The molecule has 4 nitrogen and oxygen atoms in total.